The first-order chi connectivity index (χ1) is 7.72. The second kappa shape index (κ2) is 3.23. The van der Waals surface area contributed by atoms with Crippen molar-refractivity contribution < 1.29 is 0 Å². The second-order valence-corrected chi connectivity index (χ2v) is 7.09. The van der Waals surface area contributed by atoms with E-state index in [1.54, 1.807) is 0 Å². The Morgan fingerprint density at radius 1 is 0.875 bits per heavy atom. The molecule has 4 aliphatic rings. The Labute approximate surface area is 99.0 Å². The van der Waals surface area contributed by atoms with Crippen LogP contribution < -0.4 is 0 Å². The lowest BCUT2D eigenvalue weighted by Crippen LogP contribution is -2.32. The van der Waals surface area contributed by atoms with Crippen LogP contribution in [0.2, 0.25) is 0 Å². The van der Waals surface area contributed by atoms with Crippen LogP contribution in [0.3, 0.4) is 0 Å². The Bertz CT molecular complexity index is 277. The fraction of sp³-hybridized carbons (Fsp3) is 1.00. The lowest BCUT2D eigenvalue weighted by atomic mass is 10.0. The summed E-state index contributed by atoms with van der Waals surface area (Å²) in [6.07, 6.45) is 3.03. The number of hydrogen-bond donors (Lipinski definition) is 0. The standard InChI is InChI=1S/C14H24N2/c1-9-3-10-5-16(6-11(10)4-9)14-12-7-15(2)8-13(12)14/h9-14H,3-8H2,1-2H3. The Morgan fingerprint density at radius 3 is 2.00 bits per heavy atom. The van der Waals surface area contributed by atoms with Crippen LogP contribution in [0.4, 0.5) is 0 Å². The number of nitrogens with zero attached hydrogens (tertiary/aromatic N) is 2. The van der Waals surface area contributed by atoms with Gasteiger partial charge in [0.25, 0.3) is 0 Å². The van der Waals surface area contributed by atoms with Crippen molar-refractivity contribution in [1.82, 2.24) is 9.80 Å². The third-order valence-corrected chi connectivity index (χ3v) is 5.77. The summed E-state index contributed by atoms with van der Waals surface area (Å²) >= 11 is 0. The molecule has 4 atom stereocenters. The highest BCUT2D eigenvalue weighted by Crippen LogP contribution is 2.52. The van der Waals surface area contributed by atoms with Crippen molar-refractivity contribution in [2.75, 3.05) is 33.2 Å². The van der Waals surface area contributed by atoms with E-state index in [4.69, 9.17) is 0 Å². The number of hydrogen-bond acceptors (Lipinski definition) is 2. The van der Waals surface area contributed by atoms with E-state index in [9.17, 15) is 0 Å². The van der Waals surface area contributed by atoms with Gasteiger partial charge in [-0.1, -0.05) is 6.92 Å². The number of rotatable bonds is 1. The molecule has 2 aliphatic carbocycles. The SMILES string of the molecule is CC1CC2CN(C3C4CN(C)CC43)CC2C1. The second-order valence-electron chi connectivity index (χ2n) is 7.09. The maximum atomic E-state index is 2.86. The lowest BCUT2D eigenvalue weighted by Gasteiger charge is -2.22. The van der Waals surface area contributed by atoms with Crippen LogP contribution in [-0.4, -0.2) is 49.1 Å². The van der Waals surface area contributed by atoms with Crippen LogP contribution in [0.25, 0.3) is 0 Å². The van der Waals surface area contributed by atoms with E-state index in [2.05, 4.69) is 23.8 Å². The van der Waals surface area contributed by atoms with E-state index in [1.165, 1.54) is 39.0 Å². The van der Waals surface area contributed by atoms with Gasteiger partial charge in [-0.3, -0.25) is 4.90 Å². The predicted octanol–water partition coefficient (Wildman–Crippen LogP) is 1.52. The Balaban J connectivity index is 1.39. The molecule has 0 radical (unpaired) electrons. The van der Waals surface area contributed by atoms with Gasteiger partial charge < -0.3 is 4.90 Å². The molecule has 4 fully saturated rings. The van der Waals surface area contributed by atoms with Gasteiger partial charge in [0.2, 0.25) is 0 Å². The molecule has 0 aromatic heterocycles. The summed E-state index contributed by atoms with van der Waals surface area (Å²) in [6, 6.07) is 0.997. The summed E-state index contributed by atoms with van der Waals surface area (Å²) in [6.45, 7) is 8.07. The highest BCUT2D eigenvalue weighted by Gasteiger charge is 2.59. The van der Waals surface area contributed by atoms with Gasteiger partial charge >= 0.3 is 0 Å². The quantitative estimate of drug-likeness (QED) is 0.661. The van der Waals surface area contributed by atoms with Gasteiger partial charge in [0.05, 0.1) is 0 Å². The molecule has 2 heteroatoms. The summed E-state index contributed by atoms with van der Waals surface area (Å²) in [4.78, 5) is 5.38. The smallest absolute Gasteiger partial charge is 0.0184 e. The van der Waals surface area contributed by atoms with Crippen molar-refractivity contribution in [2.24, 2.45) is 29.6 Å². The van der Waals surface area contributed by atoms with E-state index in [-0.39, 0.29) is 0 Å². The average molecular weight is 220 g/mol. The minimum absolute atomic E-state index is 0.997. The average Bonchev–Trinajstić information content (AvgIpc) is 2.58. The molecule has 0 spiro atoms. The highest BCUT2D eigenvalue weighted by molar-refractivity contribution is 5.12. The van der Waals surface area contributed by atoms with E-state index < -0.39 is 0 Å². The first-order valence-electron chi connectivity index (χ1n) is 7.15. The summed E-state index contributed by atoms with van der Waals surface area (Å²) in [5.41, 5.74) is 0. The fourth-order valence-electron chi connectivity index (χ4n) is 5.13. The van der Waals surface area contributed by atoms with E-state index in [1.807, 2.05) is 0 Å². The summed E-state index contributed by atoms with van der Waals surface area (Å²) in [5, 5.41) is 0. The minimum atomic E-state index is 0.997. The molecule has 90 valence electrons. The van der Waals surface area contributed by atoms with Crippen LogP contribution in [-0.2, 0) is 0 Å². The van der Waals surface area contributed by atoms with Crippen LogP contribution in [0.5, 0.6) is 0 Å². The van der Waals surface area contributed by atoms with Gasteiger partial charge in [0.15, 0.2) is 0 Å². The van der Waals surface area contributed by atoms with Crippen LogP contribution in [0.1, 0.15) is 19.8 Å². The van der Waals surface area contributed by atoms with Crippen molar-refractivity contribution in [2.45, 2.75) is 25.8 Å². The Morgan fingerprint density at radius 2 is 1.44 bits per heavy atom. The first kappa shape index (κ1) is 9.90. The van der Waals surface area contributed by atoms with Gasteiger partial charge in [0, 0.05) is 32.2 Å². The Hall–Kier alpha value is -0.0800. The molecule has 0 N–H and O–H groups in total. The van der Waals surface area contributed by atoms with Crippen LogP contribution in [0, 0.1) is 29.6 Å². The fourth-order valence-corrected chi connectivity index (χ4v) is 5.13. The van der Waals surface area contributed by atoms with E-state index in [0.29, 0.717) is 0 Å². The molecular weight excluding hydrogens is 196 g/mol. The molecule has 2 nitrogen and oxygen atoms in total. The minimum Gasteiger partial charge on any atom is -0.306 e. The zero-order chi connectivity index (χ0) is 10.9. The summed E-state index contributed by atoms with van der Waals surface area (Å²) in [5.74, 6) is 5.23. The van der Waals surface area contributed by atoms with Crippen molar-refractivity contribution in [3.05, 3.63) is 0 Å². The maximum Gasteiger partial charge on any atom is 0.0184 e. The van der Waals surface area contributed by atoms with Gasteiger partial charge in [-0.2, -0.15) is 0 Å². The van der Waals surface area contributed by atoms with Crippen molar-refractivity contribution in [3.8, 4) is 0 Å². The molecule has 0 bridgehead atoms. The molecule has 4 rings (SSSR count). The molecule has 2 saturated heterocycles. The molecule has 0 aromatic rings. The zero-order valence-corrected chi connectivity index (χ0v) is 10.6. The number of likely N-dealkylation sites (tertiary alicyclic amines) is 2. The van der Waals surface area contributed by atoms with Crippen molar-refractivity contribution in [3.63, 3.8) is 0 Å². The molecule has 0 aromatic carbocycles. The van der Waals surface area contributed by atoms with Crippen molar-refractivity contribution in [1.29, 1.82) is 0 Å². The summed E-state index contributed by atoms with van der Waals surface area (Å²) in [7, 11) is 2.28. The molecular formula is C14H24N2. The van der Waals surface area contributed by atoms with Gasteiger partial charge in [-0.25, -0.2) is 0 Å². The van der Waals surface area contributed by atoms with Gasteiger partial charge in [-0.15, -0.1) is 0 Å². The van der Waals surface area contributed by atoms with Crippen molar-refractivity contribution >= 4 is 0 Å². The molecule has 2 aliphatic heterocycles. The molecule has 2 saturated carbocycles. The third kappa shape index (κ3) is 1.32. The monoisotopic (exact) mass is 220 g/mol. The topological polar surface area (TPSA) is 6.48 Å². The third-order valence-electron chi connectivity index (χ3n) is 5.77. The largest absolute Gasteiger partial charge is 0.306 e. The number of piperidine rings is 1. The van der Waals surface area contributed by atoms with E-state index >= 15 is 0 Å². The van der Waals surface area contributed by atoms with E-state index in [0.717, 1.165) is 35.6 Å². The molecule has 2 heterocycles. The molecule has 16 heavy (non-hydrogen) atoms. The lowest BCUT2D eigenvalue weighted by molar-refractivity contribution is 0.231. The van der Waals surface area contributed by atoms with Gasteiger partial charge in [-0.05, 0) is 49.5 Å². The first-order valence-corrected chi connectivity index (χ1v) is 7.15. The normalized spacial score (nSPS) is 56.6. The predicted molar refractivity (Wildman–Crippen MR) is 65.2 cm³/mol. The number of fused-ring (bicyclic) bond motifs is 2. The molecule has 0 amide bonds. The van der Waals surface area contributed by atoms with Gasteiger partial charge in [0.1, 0.15) is 0 Å². The zero-order valence-electron chi connectivity index (χ0n) is 10.6. The summed E-state index contributed by atoms with van der Waals surface area (Å²) < 4.78 is 0. The molecule has 4 unspecified atom stereocenters. The maximum absolute atomic E-state index is 2.86. The highest BCUT2D eigenvalue weighted by atomic mass is 15.3. The van der Waals surface area contributed by atoms with Crippen LogP contribution >= 0.6 is 0 Å². The Kier molecular flexibility index (Phi) is 2.00. The van der Waals surface area contributed by atoms with Crippen LogP contribution in [0.15, 0.2) is 0 Å².